The molecule has 2 aromatic rings. The van der Waals surface area contributed by atoms with Crippen molar-refractivity contribution in [1.29, 1.82) is 0 Å². The molecule has 0 radical (unpaired) electrons. The van der Waals surface area contributed by atoms with Gasteiger partial charge in [0.05, 0.1) is 8.07 Å². The first-order valence-corrected chi connectivity index (χ1v) is 15.7. The Morgan fingerprint density at radius 1 is 1.15 bits per heavy atom. The number of allylic oxidation sites excluding steroid dienone is 1. The van der Waals surface area contributed by atoms with Gasteiger partial charge in [-0.2, -0.15) is 0 Å². The quantitative estimate of drug-likeness (QED) is 0.318. The van der Waals surface area contributed by atoms with Crippen LogP contribution >= 0.6 is 11.6 Å². The zero-order valence-corrected chi connectivity index (χ0v) is 22.9. The molecule has 2 nitrogen and oxygen atoms in total. The molecule has 0 amide bonds. The molecule has 0 bridgehead atoms. The van der Waals surface area contributed by atoms with Gasteiger partial charge in [-0.3, -0.25) is 0 Å². The molecule has 0 aromatic heterocycles. The molecular weight excluding hydrogens is 442 g/mol. The van der Waals surface area contributed by atoms with E-state index in [2.05, 4.69) is 88.7 Å². The standard InChI is InChI=1S/C29H38ClNOSi/c1-8-17-32-27-24(29(3,4)5)18-21(30)19-25(27)33(6,7)28-20(2)26(31-15-11-12-16-31)22-13-9-10-14-23(22)28/h8-10,13-14,18-19,28H,1,11-12,15-17H2,2-7H3. The van der Waals surface area contributed by atoms with Crippen LogP contribution in [0.3, 0.4) is 0 Å². The molecule has 33 heavy (non-hydrogen) atoms. The fourth-order valence-corrected chi connectivity index (χ4v) is 10.1. The van der Waals surface area contributed by atoms with E-state index in [0.29, 0.717) is 12.1 Å². The first kappa shape index (κ1) is 24.2. The minimum Gasteiger partial charge on any atom is -0.489 e. The van der Waals surface area contributed by atoms with E-state index in [0.717, 1.165) is 23.9 Å². The van der Waals surface area contributed by atoms with Crippen molar-refractivity contribution >= 4 is 30.6 Å². The number of likely N-dealkylation sites (tertiary alicyclic amines) is 1. The molecule has 1 heterocycles. The van der Waals surface area contributed by atoms with Gasteiger partial charge in [0, 0.05) is 40.5 Å². The van der Waals surface area contributed by atoms with Gasteiger partial charge in [-0.1, -0.05) is 82.4 Å². The zero-order valence-electron chi connectivity index (χ0n) is 21.1. The maximum Gasteiger partial charge on any atom is 0.122 e. The maximum absolute atomic E-state index is 6.77. The van der Waals surface area contributed by atoms with Crippen LogP contribution in [-0.2, 0) is 5.41 Å². The van der Waals surface area contributed by atoms with Gasteiger partial charge in [-0.05, 0) is 53.6 Å². The van der Waals surface area contributed by atoms with Crippen LogP contribution in [0, 0.1) is 0 Å². The third-order valence-corrected chi connectivity index (χ3v) is 11.5. The summed E-state index contributed by atoms with van der Waals surface area (Å²) in [7, 11) is -2.12. The molecule has 1 saturated heterocycles. The number of halogens is 1. The molecule has 2 aliphatic rings. The molecule has 176 valence electrons. The lowest BCUT2D eigenvalue weighted by Gasteiger charge is -2.36. The van der Waals surface area contributed by atoms with Crippen molar-refractivity contribution < 1.29 is 4.74 Å². The summed E-state index contributed by atoms with van der Waals surface area (Å²) in [6.45, 7) is 20.8. The summed E-state index contributed by atoms with van der Waals surface area (Å²) >= 11 is 6.77. The van der Waals surface area contributed by atoms with Gasteiger partial charge < -0.3 is 9.64 Å². The molecule has 0 saturated carbocycles. The van der Waals surface area contributed by atoms with Crippen LogP contribution in [0.5, 0.6) is 5.75 Å². The zero-order chi connectivity index (χ0) is 24.0. The van der Waals surface area contributed by atoms with Gasteiger partial charge in [-0.15, -0.1) is 0 Å². The van der Waals surface area contributed by atoms with Crippen molar-refractivity contribution in [3.8, 4) is 5.75 Å². The lowest BCUT2D eigenvalue weighted by atomic mass is 9.86. The Labute approximate surface area is 206 Å². The van der Waals surface area contributed by atoms with Gasteiger partial charge in [0.25, 0.3) is 0 Å². The Hall–Kier alpha value is -1.97. The summed E-state index contributed by atoms with van der Waals surface area (Å²) in [6.07, 6.45) is 4.40. The Bertz CT molecular complexity index is 1090. The minimum atomic E-state index is -2.12. The van der Waals surface area contributed by atoms with Crippen LogP contribution in [-0.4, -0.2) is 32.7 Å². The first-order chi connectivity index (χ1) is 15.6. The fraction of sp³-hybridized carbons (Fsp3) is 0.448. The van der Waals surface area contributed by atoms with Gasteiger partial charge >= 0.3 is 0 Å². The highest BCUT2D eigenvalue weighted by Gasteiger charge is 2.45. The average Bonchev–Trinajstić information content (AvgIpc) is 3.36. The molecule has 1 unspecified atom stereocenters. The molecule has 1 fully saturated rings. The van der Waals surface area contributed by atoms with Crippen LogP contribution in [0.2, 0.25) is 18.1 Å². The van der Waals surface area contributed by atoms with Crippen molar-refractivity contribution in [2.24, 2.45) is 0 Å². The van der Waals surface area contributed by atoms with Gasteiger partial charge in [-0.25, -0.2) is 0 Å². The molecule has 0 N–H and O–H groups in total. The molecule has 1 atom stereocenters. The predicted octanol–water partition coefficient (Wildman–Crippen LogP) is 7.28. The lowest BCUT2D eigenvalue weighted by molar-refractivity contribution is 0.354. The van der Waals surface area contributed by atoms with Crippen molar-refractivity contribution in [3.63, 3.8) is 0 Å². The summed E-state index contributed by atoms with van der Waals surface area (Å²) in [5, 5.41) is 2.11. The largest absolute Gasteiger partial charge is 0.489 e. The first-order valence-electron chi connectivity index (χ1n) is 12.2. The second-order valence-corrected chi connectivity index (χ2v) is 16.1. The lowest BCUT2D eigenvalue weighted by Crippen LogP contribution is -2.49. The van der Waals surface area contributed by atoms with Crippen LogP contribution in [0.1, 0.15) is 62.8 Å². The molecule has 4 heteroatoms. The van der Waals surface area contributed by atoms with Crippen LogP contribution in [0.25, 0.3) is 5.70 Å². The van der Waals surface area contributed by atoms with Crippen LogP contribution < -0.4 is 9.92 Å². The normalized spacial score (nSPS) is 18.6. The molecule has 1 aliphatic heterocycles. The van der Waals surface area contributed by atoms with Gasteiger partial charge in [0.2, 0.25) is 0 Å². The Balaban J connectivity index is 1.93. The highest BCUT2D eigenvalue weighted by Crippen LogP contribution is 2.49. The molecule has 0 spiro atoms. The SMILES string of the molecule is C=CCOc1c(C(C)(C)C)cc(Cl)cc1[Si](C)(C)C1C(C)=C(N2CCCC2)c2ccccc21. The highest BCUT2D eigenvalue weighted by molar-refractivity contribution is 6.92. The number of fused-ring (bicyclic) bond motifs is 1. The average molecular weight is 480 g/mol. The van der Waals surface area contributed by atoms with E-state index in [1.807, 2.05) is 6.08 Å². The Kier molecular flexibility index (Phi) is 6.59. The van der Waals surface area contributed by atoms with Crippen molar-refractivity contribution in [3.05, 3.63) is 76.3 Å². The highest BCUT2D eigenvalue weighted by atomic mass is 35.5. The van der Waals surface area contributed by atoms with Crippen molar-refractivity contribution in [1.82, 2.24) is 4.90 Å². The summed E-state index contributed by atoms with van der Waals surface area (Å²) < 4.78 is 6.43. The summed E-state index contributed by atoms with van der Waals surface area (Å²) in [5.74, 6) is 1.02. The third kappa shape index (κ3) is 4.30. The Morgan fingerprint density at radius 2 is 1.82 bits per heavy atom. The van der Waals surface area contributed by atoms with Crippen molar-refractivity contribution in [2.75, 3.05) is 19.7 Å². The van der Waals surface area contributed by atoms with Gasteiger partial charge in [0.15, 0.2) is 0 Å². The monoisotopic (exact) mass is 479 g/mol. The molecule has 4 rings (SSSR count). The summed E-state index contributed by atoms with van der Waals surface area (Å²) in [6, 6.07) is 13.3. The van der Waals surface area contributed by atoms with Crippen molar-refractivity contribution in [2.45, 2.75) is 64.6 Å². The van der Waals surface area contributed by atoms with Crippen LogP contribution in [0.4, 0.5) is 0 Å². The fourth-order valence-electron chi connectivity index (χ4n) is 5.92. The smallest absolute Gasteiger partial charge is 0.122 e. The molecular formula is C29H38ClNOSi. The van der Waals surface area contributed by atoms with E-state index in [4.69, 9.17) is 16.3 Å². The maximum atomic E-state index is 6.77. The van der Waals surface area contributed by atoms with E-state index < -0.39 is 8.07 Å². The number of hydrogen-bond donors (Lipinski definition) is 0. The summed E-state index contributed by atoms with van der Waals surface area (Å²) in [5.41, 5.74) is 7.39. The second-order valence-electron chi connectivity index (χ2n) is 11.1. The molecule has 2 aromatic carbocycles. The molecule has 1 aliphatic carbocycles. The minimum absolute atomic E-state index is 0.0696. The Morgan fingerprint density at radius 3 is 2.45 bits per heavy atom. The van der Waals surface area contributed by atoms with E-state index in [1.54, 1.807) is 0 Å². The van der Waals surface area contributed by atoms with E-state index >= 15 is 0 Å². The van der Waals surface area contributed by atoms with E-state index in [1.165, 1.54) is 46.0 Å². The third-order valence-electron chi connectivity index (χ3n) is 7.38. The van der Waals surface area contributed by atoms with E-state index in [-0.39, 0.29) is 5.41 Å². The number of benzene rings is 2. The second kappa shape index (κ2) is 9.00. The number of hydrogen-bond acceptors (Lipinski definition) is 2. The number of ether oxygens (including phenoxy) is 1. The van der Waals surface area contributed by atoms with Crippen LogP contribution in [0.15, 0.2) is 54.6 Å². The number of nitrogens with zero attached hydrogens (tertiary/aromatic N) is 1. The summed E-state index contributed by atoms with van der Waals surface area (Å²) in [4.78, 5) is 2.62. The van der Waals surface area contributed by atoms with E-state index in [9.17, 15) is 0 Å². The topological polar surface area (TPSA) is 12.5 Å². The number of rotatable bonds is 6. The predicted molar refractivity (Wildman–Crippen MR) is 146 cm³/mol. The van der Waals surface area contributed by atoms with Gasteiger partial charge in [0.1, 0.15) is 12.4 Å².